The number of ketones is 1. The lowest BCUT2D eigenvalue weighted by molar-refractivity contribution is 0.0975. The largest absolute Gasteiger partial charge is 0.489 e. The molecular formula is C23H20ClN3O3. The van der Waals surface area contributed by atoms with Gasteiger partial charge in [0.1, 0.15) is 12.4 Å². The van der Waals surface area contributed by atoms with E-state index < -0.39 is 0 Å². The Morgan fingerprint density at radius 3 is 2.57 bits per heavy atom. The van der Waals surface area contributed by atoms with Crippen LogP contribution < -0.4 is 10.3 Å². The van der Waals surface area contributed by atoms with E-state index in [0.717, 1.165) is 11.1 Å². The summed E-state index contributed by atoms with van der Waals surface area (Å²) in [6, 6.07) is 16.0. The Balaban J connectivity index is 1.60. The van der Waals surface area contributed by atoms with Crippen LogP contribution in [0.15, 0.2) is 65.6 Å². The fourth-order valence-electron chi connectivity index (χ4n) is 3.25. The molecule has 0 atom stereocenters. The Morgan fingerprint density at radius 1 is 1.10 bits per heavy atom. The van der Waals surface area contributed by atoms with E-state index in [9.17, 15) is 9.59 Å². The highest BCUT2D eigenvalue weighted by atomic mass is 35.5. The summed E-state index contributed by atoms with van der Waals surface area (Å²) < 4.78 is 9.02. The van der Waals surface area contributed by atoms with Gasteiger partial charge in [-0.1, -0.05) is 30.7 Å². The summed E-state index contributed by atoms with van der Waals surface area (Å²) in [5.41, 5.74) is 2.95. The van der Waals surface area contributed by atoms with Gasteiger partial charge in [0, 0.05) is 30.8 Å². The first-order chi connectivity index (χ1) is 14.5. The zero-order valence-corrected chi connectivity index (χ0v) is 17.4. The van der Waals surface area contributed by atoms with Crippen molar-refractivity contribution in [3.8, 4) is 11.4 Å². The quantitative estimate of drug-likeness (QED) is 0.428. The standard InChI is InChI=1S/C23H20ClN3O3/c1-3-21(28)23-25-19-9-8-17(12-20(19)26(23)2)27-11-10-18(13-22(27)29)30-14-15-4-6-16(24)7-5-15/h4-13H,3,14H2,1-2H3. The molecule has 0 unspecified atom stereocenters. The molecule has 0 N–H and O–H groups in total. The van der Waals surface area contributed by atoms with Gasteiger partial charge in [-0.2, -0.15) is 0 Å². The van der Waals surface area contributed by atoms with Crippen molar-refractivity contribution in [3.63, 3.8) is 0 Å². The molecule has 0 saturated heterocycles. The van der Waals surface area contributed by atoms with E-state index in [0.29, 0.717) is 40.8 Å². The van der Waals surface area contributed by atoms with Crippen LogP contribution in [0.1, 0.15) is 29.5 Å². The Labute approximate surface area is 178 Å². The van der Waals surface area contributed by atoms with Crippen molar-refractivity contribution in [1.82, 2.24) is 14.1 Å². The first kappa shape index (κ1) is 19.9. The molecule has 6 nitrogen and oxygen atoms in total. The lowest BCUT2D eigenvalue weighted by Gasteiger charge is -2.09. The predicted molar refractivity (Wildman–Crippen MR) is 117 cm³/mol. The van der Waals surface area contributed by atoms with Crippen LogP contribution in [0.5, 0.6) is 5.75 Å². The minimum absolute atomic E-state index is 0.0189. The lowest BCUT2D eigenvalue weighted by Crippen LogP contribution is -2.16. The van der Waals surface area contributed by atoms with Crippen molar-refractivity contribution in [2.24, 2.45) is 7.05 Å². The van der Waals surface area contributed by atoms with Crippen LogP contribution in [0.4, 0.5) is 0 Å². The van der Waals surface area contributed by atoms with E-state index in [4.69, 9.17) is 16.3 Å². The molecule has 2 aromatic carbocycles. The average Bonchev–Trinajstić information content (AvgIpc) is 3.09. The number of benzene rings is 2. The second-order valence-corrected chi connectivity index (χ2v) is 7.37. The number of fused-ring (bicyclic) bond motifs is 1. The van der Waals surface area contributed by atoms with Gasteiger partial charge >= 0.3 is 0 Å². The third-order valence-corrected chi connectivity index (χ3v) is 5.17. The van der Waals surface area contributed by atoms with Gasteiger partial charge in [-0.15, -0.1) is 0 Å². The molecule has 152 valence electrons. The molecule has 0 bridgehead atoms. The molecule has 0 aliphatic heterocycles. The minimum atomic E-state index is -0.213. The zero-order valence-electron chi connectivity index (χ0n) is 16.6. The van der Waals surface area contributed by atoms with Gasteiger partial charge in [-0.05, 0) is 42.0 Å². The Bertz CT molecular complexity index is 1290. The second kappa shape index (κ2) is 8.16. The average molecular weight is 422 g/mol. The Hall–Kier alpha value is -3.38. The molecule has 30 heavy (non-hydrogen) atoms. The molecule has 0 amide bonds. The van der Waals surface area contributed by atoms with Crippen molar-refractivity contribution in [2.75, 3.05) is 0 Å². The SMILES string of the molecule is CCC(=O)c1nc2ccc(-n3ccc(OCc4ccc(Cl)cc4)cc3=O)cc2n1C. The van der Waals surface area contributed by atoms with Crippen LogP contribution in [0, 0.1) is 0 Å². The number of aryl methyl sites for hydroxylation is 1. The molecule has 0 aliphatic carbocycles. The van der Waals surface area contributed by atoms with Gasteiger partial charge in [-0.3, -0.25) is 14.2 Å². The number of imidazole rings is 1. The minimum Gasteiger partial charge on any atom is -0.489 e. The van der Waals surface area contributed by atoms with Gasteiger partial charge in [0.2, 0.25) is 0 Å². The van der Waals surface area contributed by atoms with Crippen molar-refractivity contribution >= 4 is 28.4 Å². The summed E-state index contributed by atoms with van der Waals surface area (Å²) in [5, 5.41) is 0.665. The molecule has 7 heteroatoms. The first-order valence-corrected chi connectivity index (χ1v) is 9.94. The molecule has 0 spiro atoms. The van der Waals surface area contributed by atoms with Crippen LogP contribution in [-0.4, -0.2) is 19.9 Å². The molecule has 2 aromatic heterocycles. The fourth-order valence-corrected chi connectivity index (χ4v) is 3.37. The number of nitrogens with zero attached hydrogens (tertiary/aromatic N) is 3. The number of hydrogen-bond acceptors (Lipinski definition) is 4. The topological polar surface area (TPSA) is 66.1 Å². The van der Waals surface area contributed by atoms with Crippen LogP contribution in [-0.2, 0) is 13.7 Å². The van der Waals surface area contributed by atoms with Gasteiger partial charge in [0.15, 0.2) is 11.6 Å². The lowest BCUT2D eigenvalue weighted by atomic mass is 10.2. The van der Waals surface area contributed by atoms with Crippen molar-refractivity contribution in [2.45, 2.75) is 20.0 Å². The molecular weight excluding hydrogens is 402 g/mol. The molecule has 0 fully saturated rings. The van der Waals surface area contributed by atoms with E-state index >= 15 is 0 Å². The maximum atomic E-state index is 12.7. The van der Waals surface area contributed by atoms with Crippen molar-refractivity contribution in [3.05, 3.63) is 87.6 Å². The van der Waals surface area contributed by atoms with Gasteiger partial charge in [0.05, 0.1) is 16.7 Å². The zero-order chi connectivity index (χ0) is 21.3. The van der Waals surface area contributed by atoms with Gasteiger partial charge in [-0.25, -0.2) is 4.98 Å². The molecule has 4 rings (SSSR count). The van der Waals surface area contributed by atoms with Crippen molar-refractivity contribution in [1.29, 1.82) is 0 Å². The summed E-state index contributed by atoms with van der Waals surface area (Å²) in [4.78, 5) is 29.1. The molecule has 4 aromatic rings. The summed E-state index contributed by atoms with van der Waals surface area (Å²) in [6.45, 7) is 2.15. The Kier molecular flexibility index (Phi) is 5.42. The first-order valence-electron chi connectivity index (χ1n) is 9.56. The maximum Gasteiger partial charge on any atom is 0.258 e. The van der Waals surface area contributed by atoms with E-state index in [-0.39, 0.29) is 11.3 Å². The summed E-state index contributed by atoms with van der Waals surface area (Å²) >= 11 is 5.89. The van der Waals surface area contributed by atoms with Gasteiger partial charge < -0.3 is 9.30 Å². The maximum absolute atomic E-state index is 12.7. The monoisotopic (exact) mass is 421 g/mol. The highest BCUT2D eigenvalue weighted by Crippen LogP contribution is 2.20. The van der Waals surface area contributed by atoms with Crippen LogP contribution in [0.25, 0.3) is 16.7 Å². The van der Waals surface area contributed by atoms with Gasteiger partial charge in [0.25, 0.3) is 5.56 Å². The number of pyridine rings is 1. The normalized spacial score (nSPS) is 11.0. The summed E-state index contributed by atoms with van der Waals surface area (Å²) in [7, 11) is 1.80. The van der Waals surface area contributed by atoms with Crippen LogP contribution in [0.2, 0.25) is 5.02 Å². The predicted octanol–water partition coefficient (Wildman–Crippen LogP) is 4.55. The molecule has 0 radical (unpaired) electrons. The molecule has 0 saturated carbocycles. The number of ether oxygens (including phenoxy) is 1. The summed E-state index contributed by atoms with van der Waals surface area (Å²) in [6.07, 6.45) is 2.07. The molecule has 2 heterocycles. The van der Waals surface area contributed by atoms with E-state index in [1.807, 2.05) is 37.3 Å². The number of hydrogen-bond donors (Lipinski definition) is 0. The van der Waals surface area contributed by atoms with Crippen molar-refractivity contribution < 1.29 is 9.53 Å². The smallest absolute Gasteiger partial charge is 0.258 e. The summed E-state index contributed by atoms with van der Waals surface area (Å²) in [5.74, 6) is 0.890. The number of rotatable bonds is 6. The second-order valence-electron chi connectivity index (χ2n) is 6.93. The van der Waals surface area contributed by atoms with Crippen LogP contribution >= 0.6 is 11.6 Å². The number of carbonyl (C=O) groups is 1. The number of carbonyl (C=O) groups excluding carboxylic acids is 1. The van der Waals surface area contributed by atoms with E-state index in [1.54, 1.807) is 36.0 Å². The number of Topliss-reactive ketones (excluding diaryl/α,β-unsaturated/α-hetero) is 1. The number of halogens is 1. The third-order valence-electron chi connectivity index (χ3n) is 4.92. The van der Waals surface area contributed by atoms with E-state index in [2.05, 4.69) is 4.98 Å². The third kappa shape index (κ3) is 3.86. The highest BCUT2D eigenvalue weighted by Gasteiger charge is 2.14. The number of aromatic nitrogens is 3. The fraction of sp³-hybridized carbons (Fsp3) is 0.174. The highest BCUT2D eigenvalue weighted by molar-refractivity contribution is 6.30. The Morgan fingerprint density at radius 2 is 1.87 bits per heavy atom. The molecule has 0 aliphatic rings. The van der Waals surface area contributed by atoms with E-state index in [1.165, 1.54) is 10.6 Å². The van der Waals surface area contributed by atoms with Crippen LogP contribution in [0.3, 0.4) is 0 Å².